The number of rotatable bonds is 2. The van der Waals surface area contributed by atoms with E-state index in [2.05, 4.69) is 0 Å². The van der Waals surface area contributed by atoms with Crippen LogP contribution in [0.4, 0.5) is 4.39 Å². The summed E-state index contributed by atoms with van der Waals surface area (Å²) in [5.74, 6) is -0.177. The molecule has 0 saturated heterocycles. The van der Waals surface area contributed by atoms with Crippen LogP contribution in [0.5, 0.6) is 0 Å². The zero-order valence-corrected chi connectivity index (χ0v) is 8.13. The number of fused-ring (bicyclic) bond motifs is 1. The van der Waals surface area contributed by atoms with Crippen molar-refractivity contribution in [3.63, 3.8) is 0 Å². The van der Waals surface area contributed by atoms with Crippen LogP contribution in [0.25, 0.3) is 10.9 Å². The molecule has 3 heteroatoms. The van der Waals surface area contributed by atoms with Gasteiger partial charge in [0.25, 0.3) is 0 Å². The summed E-state index contributed by atoms with van der Waals surface area (Å²) in [5, 5.41) is 0.923. The Bertz CT molecular complexity index is 460. The Hall–Kier alpha value is -1.35. The smallest absolute Gasteiger partial charge is 0.147 e. The molecule has 2 nitrogen and oxygen atoms in total. The summed E-state index contributed by atoms with van der Waals surface area (Å²) in [6, 6.07) is 7.05. The number of halogens is 1. The van der Waals surface area contributed by atoms with E-state index >= 15 is 0 Å². The number of para-hydroxylation sites is 1. The van der Waals surface area contributed by atoms with Gasteiger partial charge in [0.1, 0.15) is 5.82 Å². The van der Waals surface area contributed by atoms with E-state index in [0.717, 1.165) is 17.6 Å². The maximum absolute atomic E-state index is 13.5. The minimum absolute atomic E-state index is 0.177. The van der Waals surface area contributed by atoms with Crippen molar-refractivity contribution in [1.82, 2.24) is 4.57 Å². The second kappa shape index (κ2) is 3.42. The van der Waals surface area contributed by atoms with Gasteiger partial charge in [-0.3, -0.25) is 0 Å². The summed E-state index contributed by atoms with van der Waals surface area (Å²) >= 11 is 0. The summed E-state index contributed by atoms with van der Waals surface area (Å²) < 4.78 is 15.4. The summed E-state index contributed by atoms with van der Waals surface area (Å²) in [6.07, 6.45) is 0. The second-order valence-corrected chi connectivity index (χ2v) is 3.26. The van der Waals surface area contributed by atoms with Crippen LogP contribution in [0.1, 0.15) is 12.6 Å². The number of aryl methyl sites for hydroxylation is 1. The Morgan fingerprint density at radius 3 is 2.86 bits per heavy atom. The number of benzene rings is 1. The summed E-state index contributed by atoms with van der Waals surface area (Å²) in [4.78, 5) is 0. The number of hydrogen-bond donors (Lipinski definition) is 1. The van der Waals surface area contributed by atoms with E-state index in [1.807, 2.05) is 23.6 Å². The third kappa shape index (κ3) is 1.21. The lowest BCUT2D eigenvalue weighted by Crippen LogP contribution is -2.06. The molecule has 0 amide bonds. The molecule has 2 aromatic rings. The summed E-state index contributed by atoms with van der Waals surface area (Å²) in [5.41, 5.74) is 7.24. The zero-order valence-electron chi connectivity index (χ0n) is 8.13. The lowest BCUT2D eigenvalue weighted by atomic mass is 10.2. The molecule has 0 unspecified atom stereocenters. The van der Waals surface area contributed by atoms with Gasteiger partial charge in [0, 0.05) is 24.2 Å². The first-order chi connectivity index (χ1) is 6.77. The van der Waals surface area contributed by atoms with Crippen LogP contribution in [0, 0.1) is 5.82 Å². The lowest BCUT2D eigenvalue weighted by Gasteiger charge is -2.05. The summed E-state index contributed by atoms with van der Waals surface area (Å²) in [7, 11) is 0. The quantitative estimate of drug-likeness (QED) is 0.777. The monoisotopic (exact) mass is 192 g/mol. The Kier molecular flexibility index (Phi) is 2.25. The normalized spacial score (nSPS) is 11.1. The molecule has 0 aliphatic carbocycles. The largest absolute Gasteiger partial charge is 0.341 e. The molecule has 1 heterocycles. The zero-order chi connectivity index (χ0) is 10.1. The number of hydrogen-bond acceptors (Lipinski definition) is 1. The highest BCUT2D eigenvalue weighted by Gasteiger charge is 2.09. The van der Waals surface area contributed by atoms with E-state index in [9.17, 15) is 4.39 Å². The van der Waals surface area contributed by atoms with Gasteiger partial charge >= 0.3 is 0 Å². The van der Waals surface area contributed by atoms with Gasteiger partial charge in [-0.2, -0.15) is 0 Å². The van der Waals surface area contributed by atoms with Crippen LogP contribution in [-0.4, -0.2) is 4.57 Å². The first-order valence-electron chi connectivity index (χ1n) is 4.74. The molecule has 0 saturated carbocycles. The third-order valence-corrected chi connectivity index (χ3v) is 2.48. The predicted molar refractivity (Wildman–Crippen MR) is 55.5 cm³/mol. The van der Waals surface area contributed by atoms with Crippen molar-refractivity contribution in [3.8, 4) is 0 Å². The molecule has 0 aliphatic heterocycles. The second-order valence-electron chi connectivity index (χ2n) is 3.26. The van der Waals surface area contributed by atoms with Gasteiger partial charge in [-0.05, 0) is 19.1 Å². The van der Waals surface area contributed by atoms with Crippen LogP contribution >= 0.6 is 0 Å². The van der Waals surface area contributed by atoms with Gasteiger partial charge in [-0.25, -0.2) is 4.39 Å². The van der Waals surface area contributed by atoms with Gasteiger partial charge in [0.2, 0.25) is 0 Å². The van der Waals surface area contributed by atoms with E-state index in [1.54, 1.807) is 6.07 Å². The highest BCUT2D eigenvalue weighted by molar-refractivity contribution is 5.81. The molecule has 0 fully saturated rings. The van der Waals surface area contributed by atoms with Gasteiger partial charge < -0.3 is 10.3 Å². The van der Waals surface area contributed by atoms with E-state index < -0.39 is 0 Å². The standard InChI is InChI=1S/C11H13FN2/c1-2-14-9(7-13)6-8-4-3-5-10(12)11(8)14/h3-6H,2,7,13H2,1H3. The lowest BCUT2D eigenvalue weighted by molar-refractivity contribution is 0.622. The molecule has 0 radical (unpaired) electrons. The topological polar surface area (TPSA) is 30.9 Å². The molecule has 0 spiro atoms. The molecule has 74 valence electrons. The molecule has 2 rings (SSSR count). The fourth-order valence-corrected chi connectivity index (χ4v) is 1.86. The van der Waals surface area contributed by atoms with E-state index in [1.165, 1.54) is 6.07 Å². The number of aromatic nitrogens is 1. The van der Waals surface area contributed by atoms with Crippen molar-refractivity contribution in [1.29, 1.82) is 0 Å². The molecule has 1 aromatic heterocycles. The molecular weight excluding hydrogens is 179 g/mol. The molecule has 0 bridgehead atoms. The molecule has 0 aliphatic rings. The predicted octanol–water partition coefficient (Wildman–Crippen LogP) is 2.26. The SMILES string of the molecule is CCn1c(CN)cc2cccc(F)c21. The Labute approximate surface area is 82.1 Å². The Morgan fingerprint density at radius 2 is 2.21 bits per heavy atom. The minimum Gasteiger partial charge on any atom is -0.341 e. The van der Waals surface area contributed by atoms with Crippen molar-refractivity contribution in [3.05, 3.63) is 35.8 Å². The molecule has 0 atom stereocenters. The van der Waals surface area contributed by atoms with Gasteiger partial charge in [0.15, 0.2) is 0 Å². The van der Waals surface area contributed by atoms with Crippen molar-refractivity contribution < 1.29 is 4.39 Å². The molecule has 14 heavy (non-hydrogen) atoms. The number of nitrogens with two attached hydrogens (primary N) is 1. The van der Waals surface area contributed by atoms with Crippen LogP contribution in [-0.2, 0) is 13.1 Å². The highest BCUT2D eigenvalue weighted by Crippen LogP contribution is 2.22. The van der Waals surface area contributed by atoms with E-state index in [-0.39, 0.29) is 5.82 Å². The Morgan fingerprint density at radius 1 is 1.43 bits per heavy atom. The first-order valence-corrected chi connectivity index (χ1v) is 4.74. The van der Waals surface area contributed by atoms with E-state index in [4.69, 9.17) is 5.73 Å². The third-order valence-electron chi connectivity index (χ3n) is 2.48. The van der Waals surface area contributed by atoms with Gasteiger partial charge in [-0.15, -0.1) is 0 Å². The summed E-state index contributed by atoms with van der Waals surface area (Å²) in [6.45, 7) is 3.18. The van der Waals surface area contributed by atoms with Crippen LogP contribution in [0.2, 0.25) is 0 Å². The Balaban J connectivity index is 2.81. The fourth-order valence-electron chi connectivity index (χ4n) is 1.86. The molecular formula is C11H13FN2. The van der Waals surface area contributed by atoms with Crippen LogP contribution in [0.3, 0.4) is 0 Å². The number of nitrogens with zero attached hydrogens (tertiary/aromatic N) is 1. The fraction of sp³-hybridized carbons (Fsp3) is 0.273. The van der Waals surface area contributed by atoms with Crippen molar-refractivity contribution in [2.75, 3.05) is 0 Å². The van der Waals surface area contributed by atoms with Crippen molar-refractivity contribution in [2.45, 2.75) is 20.0 Å². The van der Waals surface area contributed by atoms with Gasteiger partial charge in [0.05, 0.1) is 5.52 Å². The average Bonchev–Trinajstić information content (AvgIpc) is 2.56. The maximum atomic E-state index is 13.5. The maximum Gasteiger partial charge on any atom is 0.147 e. The van der Waals surface area contributed by atoms with E-state index in [0.29, 0.717) is 12.1 Å². The average molecular weight is 192 g/mol. The molecule has 1 aromatic carbocycles. The minimum atomic E-state index is -0.177. The van der Waals surface area contributed by atoms with Crippen LogP contribution < -0.4 is 5.73 Å². The van der Waals surface area contributed by atoms with Crippen LogP contribution in [0.15, 0.2) is 24.3 Å². The molecule has 2 N–H and O–H groups in total. The van der Waals surface area contributed by atoms with Crippen molar-refractivity contribution in [2.24, 2.45) is 5.73 Å². The first kappa shape index (κ1) is 9.21. The van der Waals surface area contributed by atoms with Crippen molar-refractivity contribution >= 4 is 10.9 Å². The van der Waals surface area contributed by atoms with Gasteiger partial charge in [-0.1, -0.05) is 12.1 Å². The highest BCUT2D eigenvalue weighted by atomic mass is 19.1.